The van der Waals surface area contributed by atoms with Gasteiger partial charge in [0.1, 0.15) is 12.9 Å². The first-order valence-corrected chi connectivity index (χ1v) is 11.6. The molecule has 3 atom stereocenters. The van der Waals surface area contributed by atoms with E-state index in [1.807, 2.05) is 24.5 Å². The maximum absolute atomic E-state index is 12.8. The number of fused-ring (bicyclic) bond motifs is 2. The Morgan fingerprint density at radius 2 is 1.83 bits per heavy atom. The van der Waals surface area contributed by atoms with Gasteiger partial charge in [0.25, 0.3) is 5.56 Å². The number of pyridine rings is 1. The Kier molecular flexibility index (Phi) is 4.35. The Morgan fingerprint density at radius 1 is 1.03 bits per heavy atom. The molecule has 10 heteroatoms. The van der Waals surface area contributed by atoms with Crippen molar-refractivity contribution in [2.45, 2.75) is 12.5 Å². The molecule has 35 heavy (non-hydrogen) atoms. The van der Waals surface area contributed by atoms with Crippen molar-refractivity contribution in [3.05, 3.63) is 83.5 Å². The molecular weight excluding hydrogens is 444 g/mol. The standard InChI is InChI=1S/C25H22N8O2/c1-31-13-27-24-22(31)25(34)33(14-28-24)12-20-29-23(30-35-20)21-18-10-32(11-19(18)21)17-4-2-3-16(9-17)15-5-7-26-8-6-15/h2-9,13-14,18-19,21H,10-12H2,1H3/t18-,19+,21-. The molecule has 1 aliphatic carbocycles. The third-order valence-corrected chi connectivity index (χ3v) is 7.21. The monoisotopic (exact) mass is 466 g/mol. The molecule has 0 unspecified atom stereocenters. The van der Waals surface area contributed by atoms with E-state index in [1.54, 1.807) is 17.9 Å². The third-order valence-electron chi connectivity index (χ3n) is 7.21. The lowest BCUT2D eigenvalue weighted by Gasteiger charge is -2.22. The molecule has 0 spiro atoms. The Balaban J connectivity index is 1.05. The maximum Gasteiger partial charge on any atom is 0.280 e. The Morgan fingerprint density at radius 3 is 2.66 bits per heavy atom. The highest BCUT2D eigenvalue weighted by molar-refractivity contribution is 5.69. The average molecular weight is 467 g/mol. The molecule has 2 fully saturated rings. The molecule has 4 aromatic heterocycles. The highest BCUT2D eigenvalue weighted by Gasteiger charge is 2.58. The molecular formula is C25H22N8O2. The molecule has 10 nitrogen and oxygen atoms in total. The summed E-state index contributed by atoms with van der Waals surface area (Å²) < 4.78 is 8.65. The molecule has 2 aliphatic rings. The predicted molar refractivity (Wildman–Crippen MR) is 128 cm³/mol. The summed E-state index contributed by atoms with van der Waals surface area (Å²) in [5.41, 5.74) is 4.30. The number of nitrogens with zero attached hydrogens (tertiary/aromatic N) is 8. The summed E-state index contributed by atoms with van der Waals surface area (Å²) in [4.78, 5) is 32.3. The van der Waals surface area contributed by atoms with Crippen LogP contribution in [0.3, 0.4) is 0 Å². The van der Waals surface area contributed by atoms with E-state index >= 15 is 0 Å². The van der Waals surface area contributed by atoms with Gasteiger partial charge in [-0.2, -0.15) is 4.98 Å². The fraction of sp³-hybridized carbons (Fsp3) is 0.280. The molecule has 0 N–H and O–H groups in total. The Bertz CT molecular complexity index is 1590. The van der Waals surface area contributed by atoms with Gasteiger partial charge in [0, 0.05) is 44.1 Å². The number of hydrogen-bond acceptors (Lipinski definition) is 8. The summed E-state index contributed by atoms with van der Waals surface area (Å²) in [5.74, 6) is 2.49. The van der Waals surface area contributed by atoms with E-state index in [2.05, 4.69) is 54.3 Å². The fourth-order valence-electron chi connectivity index (χ4n) is 5.34. The summed E-state index contributed by atoms with van der Waals surface area (Å²) in [7, 11) is 1.78. The minimum Gasteiger partial charge on any atom is -0.371 e. The summed E-state index contributed by atoms with van der Waals surface area (Å²) in [6.07, 6.45) is 6.70. The number of piperidine rings is 1. The Labute approximate surface area is 199 Å². The van der Waals surface area contributed by atoms with Gasteiger partial charge >= 0.3 is 0 Å². The summed E-state index contributed by atoms with van der Waals surface area (Å²) in [6, 6.07) is 12.7. The van der Waals surface area contributed by atoms with Crippen molar-refractivity contribution in [2.75, 3.05) is 18.0 Å². The molecule has 1 aromatic carbocycles. The molecule has 1 aliphatic heterocycles. The van der Waals surface area contributed by atoms with Crippen LogP contribution in [0, 0.1) is 11.8 Å². The van der Waals surface area contributed by atoms with Gasteiger partial charge in [-0.25, -0.2) is 9.97 Å². The van der Waals surface area contributed by atoms with E-state index < -0.39 is 0 Å². The van der Waals surface area contributed by atoms with Crippen molar-refractivity contribution in [1.82, 2.24) is 34.2 Å². The highest BCUT2D eigenvalue weighted by atomic mass is 16.5. The van der Waals surface area contributed by atoms with Crippen molar-refractivity contribution in [2.24, 2.45) is 18.9 Å². The maximum atomic E-state index is 12.8. The van der Waals surface area contributed by atoms with Gasteiger partial charge in [0.15, 0.2) is 17.0 Å². The van der Waals surface area contributed by atoms with Crippen LogP contribution in [0.15, 0.2) is 70.8 Å². The lowest BCUT2D eigenvalue weighted by molar-refractivity contribution is 0.363. The van der Waals surface area contributed by atoms with Gasteiger partial charge in [-0.15, -0.1) is 0 Å². The number of aryl methyl sites for hydroxylation is 1. The van der Waals surface area contributed by atoms with Crippen LogP contribution in [0.1, 0.15) is 17.6 Å². The van der Waals surface area contributed by atoms with Crippen LogP contribution in [0.25, 0.3) is 22.3 Å². The summed E-state index contributed by atoms with van der Waals surface area (Å²) >= 11 is 0. The number of benzene rings is 1. The van der Waals surface area contributed by atoms with Crippen molar-refractivity contribution >= 4 is 16.9 Å². The second-order valence-corrected chi connectivity index (χ2v) is 9.30. The molecule has 174 valence electrons. The van der Waals surface area contributed by atoms with E-state index in [1.165, 1.54) is 27.7 Å². The van der Waals surface area contributed by atoms with Crippen molar-refractivity contribution < 1.29 is 4.52 Å². The average Bonchev–Trinajstić information content (AvgIpc) is 3.30. The van der Waals surface area contributed by atoms with Gasteiger partial charge < -0.3 is 14.0 Å². The first kappa shape index (κ1) is 20.1. The molecule has 0 bridgehead atoms. The van der Waals surface area contributed by atoms with Crippen LogP contribution in [0.4, 0.5) is 5.69 Å². The zero-order valence-corrected chi connectivity index (χ0v) is 19.0. The van der Waals surface area contributed by atoms with Crippen LogP contribution in [-0.4, -0.2) is 47.3 Å². The van der Waals surface area contributed by atoms with Crippen molar-refractivity contribution in [3.63, 3.8) is 0 Å². The van der Waals surface area contributed by atoms with E-state index in [9.17, 15) is 4.79 Å². The van der Waals surface area contributed by atoms with E-state index in [4.69, 9.17) is 4.52 Å². The topological polar surface area (TPSA) is 108 Å². The second kappa shape index (κ2) is 7.59. The first-order chi connectivity index (χ1) is 17.2. The fourth-order valence-corrected chi connectivity index (χ4v) is 5.34. The van der Waals surface area contributed by atoms with Crippen LogP contribution >= 0.6 is 0 Å². The quantitative estimate of drug-likeness (QED) is 0.389. The van der Waals surface area contributed by atoms with Crippen LogP contribution < -0.4 is 10.5 Å². The van der Waals surface area contributed by atoms with Crippen LogP contribution in [0.5, 0.6) is 0 Å². The molecule has 1 saturated heterocycles. The molecule has 1 saturated carbocycles. The summed E-state index contributed by atoms with van der Waals surface area (Å²) in [5, 5.41) is 4.24. The van der Waals surface area contributed by atoms with Crippen LogP contribution in [-0.2, 0) is 13.6 Å². The van der Waals surface area contributed by atoms with E-state index in [-0.39, 0.29) is 12.1 Å². The zero-order valence-electron chi connectivity index (χ0n) is 19.0. The molecule has 0 amide bonds. The smallest absolute Gasteiger partial charge is 0.280 e. The number of hydrogen-bond donors (Lipinski definition) is 0. The minimum atomic E-state index is -0.178. The van der Waals surface area contributed by atoms with E-state index in [0.29, 0.717) is 34.8 Å². The Hall–Kier alpha value is -4.34. The van der Waals surface area contributed by atoms with Gasteiger partial charge in [-0.3, -0.25) is 14.3 Å². The lowest BCUT2D eigenvalue weighted by atomic mass is 10.1. The number of anilines is 1. The summed E-state index contributed by atoms with van der Waals surface area (Å²) in [6.45, 7) is 2.13. The number of rotatable bonds is 5. The van der Waals surface area contributed by atoms with Crippen LogP contribution in [0.2, 0.25) is 0 Å². The van der Waals surface area contributed by atoms with Gasteiger partial charge in [0.2, 0.25) is 5.89 Å². The lowest BCUT2D eigenvalue weighted by Crippen LogP contribution is -2.24. The number of imidazole rings is 1. The largest absolute Gasteiger partial charge is 0.371 e. The first-order valence-electron chi connectivity index (χ1n) is 11.6. The normalized spacial score (nSPS) is 20.9. The zero-order chi connectivity index (χ0) is 23.5. The van der Waals surface area contributed by atoms with Gasteiger partial charge in [-0.05, 0) is 47.2 Å². The second-order valence-electron chi connectivity index (χ2n) is 9.30. The molecule has 5 heterocycles. The minimum absolute atomic E-state index is 0.178. The third kappa shape index (κ3) is 3.32. The van der Waals surface area contributed by atoms with Gasteiger partial charge in [0.05, 0.1) is 6.33 Å². The molecule has 7 rings (SSSR count). The van der Waals surface area contributed by atoms with E-state index in [0.717, 1.165) is 18.9 Å². The SMILES string of the molecule is Cn1cnc2ncn(Cc3nc([C@@H]4[C@@H]5CN(c6cccc(-c7ccncc7)c6)C[C@@H]54)no3)c(=O)c21. The highest BCUT2D eigenvalue weighted by Crippen LogP contribution is 2.58. The van der Waals surface area contributed by atoms with Crippen molar-refractivity contribution in [3.8, 4) is 11.1 Å². The predicted octanol–water partition coefficient (Wildman–Crippen LogP) is 2.47. The number of aromatic nitrogens is 7. The molecule has 5 aromatic rings. The van der Waals surface area contributed by atoms with Gasteiger partial charge in [-0.1, -0.05) is 17.3 Å². The van der Waals surface area contributed by atoms with Crippen molar-refractivity contribution in [1.29, 1.82) is 0 Å². The molecule has 0 radical (unpaired) electrons.